The molecular formula is C15H22BrN3O. The first-order valence-corrected chi connectivity index (χ1v) is 7.90. The SMILES string of the molecule is CCC(C)N1CCN(C(=O)c2cc(Br)ccc2N)CC1. The van der Waals surface area contributed by atoms with E-state index in [0.717, 1.165) is 37.1 Å². The number of carbonyl (C=O) groups is 1. The smallest absolute Gasteiger partial charge is 0.256 e. The summed E-state index contributed by atoms with van der Waals surface area (Å²) in [6.45, 7) is 7.86. The molecular weight excluding hydrogens is 318 g/mol. The number of nitrogens with two attached hydrogens (primary N) is 1. The number of hydrogen-bond donors (Lipinski definition) is 1. The number of rotatable bonds is 3. The van der Waals surface area contributed by atoms with Gasteiger partial charge in [0.15, 0.2) is 0 Å². The number of anilines is 1. The van der Waals surface area contributed by atoms with E-state index in [0.29, 0.717) is 17.3 Å². The molecule has 0 spiro atoms. The molecule has 1 saturated heterocycles. The molecule has 2 rings (SSSR count). The van der Waals surface area contributed by atoms with Gasteiger partial charge in [0, 0.05) is 42.4 Å². The average molecular weight is 340 g/mol. The lowest BCUT2D eigenvalue weighted by atomic mass is 10.1. The molecule has 4 nitrogen and oxygen atoms in total. The molecule has 1 unspecified atom stereocenters. The van der Waals surface area contributed by atoms with Crippen LogP contribution in [0.3, 0.4) is 0 Å². The van der Waals surface area contributed by atoms with Crippen molar-refractivity contribution in [2.24, 2.45) is 0 Å². The van der Waals surface area contributed by atoms with Crippen LogP contribution in [0.25, 0.3) is 0 Å². The number of benzene rings is 1. The highest BCUT2D eigenvalue weighted by Gasteiger charge is 2.25. The minimum Gasteiger partial charge on any atom is -0.398 e. The van der Waals surface area contributed by atoms with Crippen molar-refractivity contribution >= 4 is 27.5 Å². The van der Waals surface area contributed by atoms with Crippen molar-refractivity contribution in [3.8, 4) is 0 Å². The van der Waals surface area contributed by atoms with Crippen LogP contribution in [-0.2, 0) is 0 Å². The molecule has 1 aliphatic heterocycles. The molecule has 20 heavy (non-hydrogen) atoms. The van der Waals surface area contributed by atoms with Crippen molar-refractivity contribution in [3.05, 3.63) is 28.2 Å². The number of hydrogen-bond acceptors (Lipinski definition) is 3. The standard InChI is InChI=1S/C15H22BrN3O/c1-3-11(2)18-6-8-19(9-7-18)15(20)13-10-12(16)4-5-14(13)17/h4-5,10-11H,3,6-9,17H2,1-2H3. The lowest BCUT2D eigenvalue weighted by molar-refractivity contribution is 0.0580. The predicted octanol–water partition coefficient (Wildman–Crippen LogP) is 2.59. The molecule has 1 atom stereocenters. The van der Waals surface area contributed by atoms with Crippen LogP contribution in [0.2, 0.25) is 0 Å². The summed E-state index contributed by atoms with van der Waals surface area (Å²) < 4.78 is 0.883. The molecule has 1 aromatic rings. The van der Waals surface area contributed by atoms with Crippen molar-refractivity contribution in [2.75, 3.05) is 31.9 Å². The Morgan fingerprint density at radius 3 is 2.60 bits per heavy atom. The summed E-state index contributed by atoms with van der Waals surface area (Å²) in [5.74, 6) is 0.0348. The second-order valence-corrected chi connectivity index (χ2v) is 6.23. The maximum atomic E-state index is 12.5. The number of amides is 1. The van der Waals surface area contributed by atoms with E-state index in [4.69, 9.17) is 5.73 Å². The van der Waals surface area contributed by atoms with Gasteiger partial charge in [-0.05, 0) is 31.5 Å². The van der Waals surface area contributed by atoms with Gasteiger partial charge in [-0.3, -0.25) is 9.69 Å². The van der Waals surface area contributed by atoms with Gasteiger partial charge in [-0.15, -0.1) is 0 Å². The minimum atomic E-state index is 0.0348. The van der Waals surface area contributed by atoms with Crippen LogP contribution in [0.4, 0.5) is 5.69 Å². The summed E-state index contributed by atoms with van der Waals surface area (Å²) in [7, 11) is 0. The molecule has 110 valence electrons. The van der Waals surface area contributed by atoms with Crippen molar-refractivity contribution in [1.82, 2.24) is 9.80 Å². The van der Waals surface area contributed by atoms with Gasteiger partial charge in [-0.25, -0.2) is 0 Å². The first kappa shape index (κ1) is 15.3. The fourth-order valence-electron chi connectivity index (χ4n) is 2.51. The maximum Gasteiger partial charge on any atom is 0.256 e. The van der Waals surface area contributed by atoms with Crippen LogP contribution in [0.5, 0.6) is 0 Å². The van der Waals surface area contributed by atoms with E-state index in [9.17, 15) is 4.79 Å². The number of nitrogens with zero attached hydrogens (tertiary/aromatic N) is 2. The zero-order valence-electron chi connectivity index (χ0n) is 12.1. The molecule has 0 aromatic heterocycles. The molecule has 5 heteroatoms. The van der Waals surface area contributed by atoms with Crippen LogP contribution < -0.4 is 5.73 Å². The minimum absolute atomic E-state index is 0.0348. The van der Waals surface area contributed by atoms with E-state index in [1.165, 1.54) is 0 Å². The summed E-state index contributed by atoms with van der Waals surface area (Å²) in [5.41, 5.74) is 7.05. The Morgan fingerprint density at radius 2 is 2.00 bits per heavy atom. The Hall–Kier alpha value is -1.07. The third kappa shape index (κ3) is 3.33. The third-order valence-electron chi connectivity index (χ3n) is 4.06. The number of piperazine rings is 1. The third-order valence-corrected chi connectivity index (χ3v) is 4.55. The maximum absolute atomic E-state index is 12.5. The van der Waals surface area contributed by atoms with Crippen molar-refractivity contribution < 1.29 is 4.79 Å². The highest BCUT2D eigenvalue weighted by molar-refractivity contribution is 9.10. The number of halogens is 1. The van der Waals surface area contributed by atoms with Gasteiger partial charge in [0.05, 0.1) is 5.56 Å². The quantitative estimate of drug-likeness (QED) is 0.861. The summed E-state index contributed by atoms with van der Waals surface area (Å²) in [6, 6.07) is 6.02. The second-order valence-electron chi connectivity index (χ2n) is 5.32. The molecule has 0 saturated carbocycles. The zero-order chi connectivity index (χ0) is 14.7. The summed E-state index contributed by atoms with van der Waals surface area (Å²) in [6.07, 6.45) is 1.15. The Labute approximate surface area is 129 Å². The lowest BCUT2D eigenvalue weighted by Crippen LogP contribution is -2.51. The Kier molecular flexibility index (Phi) is 5.05. The van der Waals surface area contributed by atoms with Crippen LogP contribution >= 0.6 is 15.9 Å². The van der Waals surface area contributed by atoms with Crippen LogP contribution in [0, 0.1) is 0 Å². The van der Waals surface area contributed by atoms with Gasteiger partial charge in [0.1, 0.15) is 0 Å². The van der Waals surface area contributed by atoms with E-state index < -0.39 is 0 Å². The van der Waals surface area contributed by atoms with Gasteiger partial charge in [0.25, 0.3) is 5.91 Å². The first-order chi connectivity index (χ1) is 9.52. The van der Waals surface area contributed by atoms with Gasteiger partial charge in [-0.1, -0.05) is 22.9 Å². The van der Waals surface area contributed by atoms with Crippen LogP contribution in [-0.4, -0.2) is 47.9 Å². The van der Waals surface area contributed by atoms with Crippen molar-refractivity contribution in [2.45, 2.75) is 26.3 Å². The molecule has 1 aliphatic rings. The summed E-state index contributed by atoms with van der Waals surface area (Å²) in [5, 5.41) is 0. The topological polar surface area (TPSA) is 49.6 Å². The van der Waals surface area contributed by atoms with Gasteiger partial charge >= 0.3 is 0 Å². The van der Waals surface area contributed by atoms with E-state index >= 15 is 0 Å². The van der Waals surface area contributed by atoms with E-state index in [-0.39, 0.29) is 5.91 Å². The molecule has 0 radical (unpaired) electrons. The number of nitrogen functional groups attached to an aromatic ring is 1. The predicted molar refractivity (Wildman–Crippen MR) is 85.8 cm³/mol. The van der Waals surface area contributed by atoms with Crippen molar-refractivity contribution in [3.63, 3.8) is 0 Å². The van der Waals surface area contributed by atoms with Gasteiger partial charge in [-0.2, -0.15) is 0 Å². The molecule has 2 N–H and O–H groups in total. The highest BCUT2D eigenvalue weighted by Crippen LogP contribution is 2.21. The molecule has 0 aliphatic carbocycles. The Bertz CT molecular complexity index is 484. The monoisotopic (exact) mass is 339 g/mol. The average Bonchev–Trinajstić information content (AvgIpc) is 2.48. The summed E-state index contributed by atoms with van der Waals surface area (Å²) >= 11 is 3.39. The second kappa shape index (κ2) is 6.59. The highest BCUT2D eigenvalue weighted by atomic mass is 79.9. The fraction of sp³-hybridized carbons (Fsp3) is 0.533. The molecule has 1 fully saturated rings. The van der Waals surface area contributed by atoms with E-state index in [1.54, 1.807) is 12.1 Å². The normalized spacial score (nSPS) is 18.1. The molecule has 1 amide bonds. The van der Waals surface area contributed by atoms with Crippen LogP contribution in [0.1, 0.15) is 30.6 Å². The molecule has 1 aromatic carbocycles. The Morgan fingerprint density at radius 1 is 1.35 bits per heavy atom. The first-order valence-electron chi connectivity index (χ1n) is 7.11. The van der Waals surface area contributed by atoms with E-state index in [1.807, 2.05) is 11.0 Å². The van der Waals surface area contributed by atoms with Gasteiger partial charge in [0.2, 0.25) is 0 Å². The van der Waals surface area contributed by atoms with E-state index in [2.05, 4.69) is 34.7 Å². The van der Waals surface area contributed by atoms with Gasteiger partial charge < -0.3 is 10.6 Å². The zero-order valence-corrected chi connectivity index (χ0v) is 13.7. The lowest BCUT2D eigenvalue weighted by Gasteiger charge is -2.38. The van der Waals surface area contributed by atoms with Crippen molar-refractivity contribution in [1.29, 1.82) is 0 Å². The molecule has 0 bridgehead atoms. The fourth-order valence-corrected chi connectivity index (χ4v) is 2.87. The summed E-state index contributed by atoms with van der Waals surface area (Å²) in [4.78, 5) is 16.9. The van der Waals surface area contributed by atoms with Crippen LogP contribution in [0.15, 0.2) is 22.7 Å². The molecule has 1 heterocycles. The largest absolute Gasteiger partial charge is 0.398 e. The number of carbonyl (C=O) groups excluding carboxylic acids is 1. The Balaban J connectivity index is 2.03.